The zero-order chi connectivity index (χ0) is 15.2. The summed E-state index contributed by atoms with van der Waals surface area (Å²) in [6.45, 7) is 3.54. The summed E-state index contributed by atoms with van der Waals surface area (Å²) in [5.74, 6) is -0.363. The van der Waals surface area contributed by atoms with Crippen LogP contribution in [0.4, 0.5) is 0 Å². The number of unbranched alkanes of at least 4 members (excludes halogenated alkanes) is 1. The molecule has 1 amide bonds. The molecule has 1 heterocycles. The fourth-order valence-corrected chi connectivity index (χ4v) is 2.36. The van der Waals surface area contributed by atoms with E-state index in [9.17, 15) is 13.2 Å². The Morgan fingerprint density at radius 2 is 2.15 bits per heavy atom. The van der Waals surface area contributed by atoms with E-state index in [0.717, 1.165) is 12.8 Å². The molecule has 20 heavy (non-hydrogen) atoms. The highest BCUT2D eigenvalue weighted by atomic mass is 35.7. The van der Waals surface area contributed by atoms with E-state index in [4.69, 9.17) is 15.4 Å². The largest absolute Gasteiger partial charge is 0.380 e. The van der Waals surface area contributed by atoms with Crippen LogP contribution in [0.5, 0.6) is 0 Å². The second-order valence-corrected chi connectivity index (χ2v) is 6.90. The van der Waals surface area contributed by atoms with Gasteiger partial charge in [0, 0.05) is 37.1 Å². The lowest BCUT2D eigenvalue weighted by Gasteiger charge is -2.06. The molecule has 1 aromatic rings. The van der Waals surface area contributed by atoms with Crippen LogP contribution in [0.2, 0.25) is 0 Å². The first kappa shape index (κ1) is 17.0. The van der Waals surface area contributed by atoms with E-state index < -0.39 is 9.05 Å². The summed E-state index contributed by atoms with van der Waals surface area (Å²) in [7, 11) is 2.99. The zero-order valence-corrected chi connectivity index (χ0v) is 13.1. The summed E-state index contributed by atoms with van der Waals surface area (Å²) in [6, 6.07) is 1.25. The molecule has 6 nitrogen and oxygen atoms in total. The van der Waals surface area contributed by atoms with E-state index in [1.807, 2.05) is 0 Å². The SMILES string of the molecule is CCCCOCCNC(=O)c1cc(S(=O)(=O)Cl)cn1C. The molecule has 1 rings (SSSR count). The maximum atomic E-state index is 11.9. The number of amides is 1. The van der Waals surface area contributed by atoms with Crippen LogP contribution in [0.25, 0.3) is 0 Å². The van der Waals surface area contributed by atoms with E-state index in [1.54, 1.807) is 7.05 Å². The Hall–Kier alpha value is -1.05. The molecule has 1 N–H and O–H groups in total. The van der Waals surface area contributed by atoms with Crippen molar-refractivity contribution < 1.29 is 17.9 Å². The number of ether oxygens (including phenoxy) is 1. The first-order valence-electron chi connectivity index (χ1n) is 6.33. The molecule has 0 bridgehead atoms. The Kier molecular flexibility index (Phi) is 6.51. The molecule has 0 fully saturated rings. The molecule has 1 aromatic heterocycles. The molecule has 0 aliphatic rings. The maximum Gasteiger partial charge on any atom is 0.268 e. The van der Waals surface area contributed by atoms with E-state index >= 15 is 0 Å². The van der Waals surface area contributed by atoms with Gasteiger partial charge in [0.05, 0.1) is 6.61 Å². The van der Waals surface area contributed by atoms with Crippen molar-refractivity contribution in [3.8, 4) is 0 Å². The Morgan fingerprint density at radius 1 is 1.45 bits per heavy atom. The highest BCUT2D eigenvalue weighted by Gasteiger charge is 2.18. The predicted octanol–water partition coefficient (Wildman–Crippen LogP) is 1.50. The standard InChI is InChI=1S/C12H19ClN2O4S/c1-3-4-6-19-7-5-14-12(16)11-8-10(9-15(11)2)20(13,17)18/h8-9H,3-7H2,1-2H3,(H,14,16). The van der Waals surface area contributed by atoms with Crippen molar-refractivity contribution in [3.63, 3.8) is 0 Å². The number of nitrogens with one attached hydrogen (secondary N) is 1. The van der Waals surface area contributed by atoms with Crippen LogP contribution < -0.4 is 5.32 Å². The molecule has 0 aromatic carbocycles. The van der Waals surface area contributed by atoms with Crippen molar-refractivity contribution in [2.75, 3.05) is 19.8 Å². The molecule has 0 unspecified atom stereocenters. The third kappa shape index (κ3) is 5.15. The van der Waals surface area contributed by atoms with Crippen molar-refractivity contribution in [1.82, 2.24) is 9.88 Å². The fraction of sp³-hybridized carbons (Fsp3) is 0.583. The Morgan fingerprint density at radius 3 is 2.70 bits per heavy atom. The number of halogens is 1. The first-order valence-corrected chi connectivity index (χ1v) is 8.64. The van der Waals surface area contributed by atoms with Gasteiger partial charge in [0.2, 0.25) is 0 Å². The molecular formula is C12H19ClN2O4S. The lowest BCUT2D eigenvalue weighted by atomic mass is 10.4. The van der Waals surface area contributed by atoms with Crippen molar-refractivity contribution in [2.24, 2.45) is 7.05 Å². The van der Waals surface area contributed by atoms with E-state index in [0.29, 0.717) is 19.8 Å². The number of rotatable bonds is 8. The molecule has 0 aliphatic heterocycles. The minimum atomic E-state index is -3.83. The molecule has 114 valence electrons. The molecule has 0 atom stereocenters. The summed E-state index contributed by atoms with van der Waals surface area (Å²) < 4.78 is 29.1. The summed E-state index contributed by atoms with van der Waals surface area (Å²) in [5, 5.41) is 2.66. The molecule has 0 spiro atoms. The molecule has 0 radical (unpaired) electrons. The number of aryl methyl sites for hydroxylation is 1. The molecule has 0 aliphatic carbocycles. The predicted molar refractivity (Wildman–Crippen MR) is 76.5 cm³/mol. The molecular weight excluding hydrogens is 304 g/mol. The fourth-order valence-electron chi connectivity index (χ4n) is 1.57. The van der Waals surface area contributed by atoms with Crippen molar-refractivity contribution in [3.05, 3.63) is 18.0 Å². The average Bonchev–Trinajstić information content (AvgIpc) is 2.75. The number of hydrogen-bond donors (Lipinski definition) is 1. The Bertz CT molecular complexity index is 554. The van der Waals surface area contributed by atoms with Gasteiger partial charge in [0.1, 0.15) is 10.6 Å². The number of nitrogens with zero attached hydrogens (tertiary/aromatic N) is 1. The zero-order valence-electron chi connectivity index (χ0n) is 11.6. The Labute approximate surface area is 123 Å². The normalized spacial score (nSPS) is 11.6. The van der Waals surface area contributed by atoms with E-state index in [-0.39, 0.29) is 16.5 Å². The molecule has 0 saturated carbocycles. The van der Waals surface area contributed by atoms with Gasteiger partial charge in [-0.05, 0) is 12.5 Å². The number of aromatic nitrogens is 1. The van der Waals surface area contributed by atoms with Gasteiger partial charge in [-0.2, -0.15) is 0 Å². The second-order valence-electron chi connectivity index (χ2n) is 4.33. The van der Waals surface area contributed by atoms with Crippen LogP contribution in [-0.2, 0) is 20.8 Å². The lowest BCUT2D eigenvalue weighted by Crippen LogP contribution is -2.28. The van der Waals surface area contributed by atoms with Crippen LogP contribution in [0.15, 0.2) is 17.2 Å². The van der Waals surface area contributed by atoms with E-state index in [1.165, 1.54) is 16.8 Å². The smallest absolute Gasteiger partial charge is 0.268 e. The van der Waals surface area contributed by atoms with Gasteiger partial charge < -0.3 is 14.6 Å². The van der Waals surface area contributed by atoms with Crippen molar-refractivity contribution in [2.45, 2.75) is 24.7 Å². The van der Waals surface area contributed by atoms with Crippen molar-refractivity contribution in [1.29, 1.82) is 0 Å². The maximum absolute atomic E-state index is 11.9. The first-order chi connectivity index (χ1) is 9.36. The third-order valence-electron chi connectivity index (χ3n) is 2.67. The monoisotopic (exact) mass is 322 g/mol. The summed E-state index contributed by atoms with van der Waals surface area (Å²) >= 11 is 0. The molecule has 0 saturated heterocycles. The van der Waals surface area contributed by atoms with Crippen LogP contribution in [-0.4, -0.2) is 38.7 Å². The minimum Gasteiger partial charge on any atom is -0.380 e. The van der Waals surface area contributed by atoms with Gasteiger partial charge >= 0.3 is 0 Å². The van der Waals surface area contributed by atoms with Gasteiger partial charge in [0.15, 0.2) is 0 Å². The van der Waals surface area contributed by atoms with Crippen LogP contribution in [0, 0.1) is 0 Å². The third-order valence-corrected chi connectivity index (χ3v) is 3.99. The van der Waals surface area contributed by atoms with Gasteiger partial charge in [0.25, 0.3) is 15.0 Å². The Balaban J connectivity index is 2.50. The lowest BCUT2D eigenvalue weighted by molar-refractivity contribution is 0.0905. The van der Waals surface area contributed by atoms with Crippen molar-refractivity contribution >= 4 is 25.6 Å². The average molecular weight is 323 g/mol. The van der Waals surface area contributed by atoms with Gasteiger partial charge in [-0.1, -0.05) is 13.3 Å². The van der Waals surface area contributed by atoms with Gasteiger partial charge in [-0.15, -0.1) is 0 Å². The summed E-state index contributed by atoms with van der Waals surface area (Å²) in [4.78, 5) is 11.8. The molecule has 8 heteroatoms. The summed E-state index contributed by atoms with van der Waals surface area (Å²) in [6.07, 6.45) is 3.35. The topological polar surface area (TPSA) is 77.4 Å². The number of hydrogen-bond acceptors (Lipinski definition) is 4. The van der Waals surface area contributed by atoms with Crippen LogP contribution >= 0.6 is 10.7 Å². The quantitative estimate of drug-likeness (QED) is 0.581. The number of carbonyl (C=O) groups excluding carboxylic acids is 1. The van der Waals surface area contributed by atoms with Gasteiger partial charge in [-0.25, -0.2) is 8.42 Å². The second kappa shape index (κ2) is 7.66. The number of carbonyl (C=O) groups is 1. The highest BCUT2D eigenvalue weighted by Crippen LogP contribution is 2.17. The minimum absolute atomic E-state index is 0.0917. The highest BCUT2D eigenvalue weighted by molar-refractivity contribution is 8.13. The van der Waals surface area contributed by atoms with Gasteiger partial charge in [-0.3, -0.25) is 4.79 Å². The van der Waals surface area contributed by atoms with E-state index in [2.05, 4.69) is 12.2 Å². The van der Waals surface area contributed by atoms with Crippen LogP contribution in [0.3, 0.4) is 0 Å². The summed E-state index contributed by atoms with van der Waals surface area (Å²) in [5.41, 5.74) is 0.234. The van der Waals surface area contributed by atoms with Crippen LogP contribution in [0.1, 0.15) is 30.3 Å².